The highest BCUT2D eigenvalue weighted by atomic mass is 35.5. The van der Waals surface area contributed by atoms with Gasteiger partial charge in [0.15, 0.2) is 5.82 Å². The smallest absolute Gasteiger partial charge is 0.346 e. The number of nitrogens with zero attached hydrogens (tertiary/aromatic N) is 3. The number of ketones is 1. The summed E-state index contributed by atoms with van der Waals surface area (Å²) in [6, 6.07) is 4.30. The quantitative estimate of drug-likeness (QED) is 0.253. The molecule has 1 amide bonds. The maximum Gasteiger partial charge on any atom is 0.497 e. The molecule has 0 spiro atoms. The van der Waals surface area contributed by atoms with Crippen molar-refractivity contribution in [3.8, 4) is 11.4 Å². The fourth-order valence-corrected chi connectivity index (χ4v) is 4.99. The van der Waals surface area contributed by atoms with Crippen LogP contribution in [0.5, 0.6) is 0 Å². The number of alkyl halides is 3. The molecule has 2 aromatic rings. The summed E-state index contributed by atoms with van der Waals surface area (Å²) in [5.41, 5.74) is 0.577. The van der Waals surface area contributed by atoms with Crippen LogP contribution in [0, 0.1) is 5.92 Å². The number of H-pyrrole nitrogens is 1. The predicted octanol–water partition coefficient (Wildman–Crippen LogP) is 5.35. The summed E-state index contributed by atoms with van der Waals surface area (Å²) >= 11 is 12.2. The lowest BCUT2D eigenvalue weighted by molar-refractivity contribution is -1.07. The second-order valence-corrected chi connectivity index (χ2v) is 10.7. The zero-order valence-electron chi connectivity index (χ0n) is 21.6. The van der Waals surface area contributed by atoms with Crippen molar-refractivity contribution in [3.05, 3.63) is 34.1 Å². The molecule has 1 aromatic heterocycles. The maximum atomic E-state index is 13.2. The van der Waals surface area contributed by atoms with E-state index >= 15 is 0 Å². The van der Waals surface area contributed by atoms with Crippen LogP contribution in [0.15, 0.2) is 18.2 Å². The van der Waals surface area contributed by atoms with E-state index < -0.39 is 34.7 Å². The molecular weight excluding hydrogens is 562 g/mol. The van der Waals surface area contributed by atoms with Gasteiger partial charge in [0.2, 0.25) is 5.91 Å². The van der Waals surface area contributed by atoms with Gasteiger partial charge >= 0.3 is 12.1 Å². The highest BCUT2D eigenvalue weighted by Crippen LogP contribution is 2.29. The number of aromatic nitrogens is 3. The molecule has 214 valence electrons. The lowest BCUT2D eigenvalue weighted by Crippen LogP contribution is -2.47. The standard InChI is InChI=1S/C25H30Cl2F3N5O4/c1-3-19(36)7-5-4-6-8-20(22-32-21(33-34-22)16-11-17(26)13-18(27)12-16)31-23(37)15-9-10-35(2,14-15)39-24(38)25(28,29)30/h11-13,15,20H,3-10,14H2,1-2H3,(H-,31,32,33,34,37)/p+1/t15-,20-,35?/m0/s1. The van der Waals surface area contributed by atoms with E-state index in [-0.39, 0.29) is 25.3 Å². The van der Waals surface area contributed by atoms with Crippen LogP contribution >= 0.6 is 23.2 Å². The number of Topliss-reactive ketones (excluding diaryl/α,β-unsaturated/α-hetero) is 1. The molecule has 0 radical (unpaired) electrons. The van der Waals surface area contributed by atoms with Gasteiger partial charge in [0, 0.05) is 34.9 Å². The molecule has 9 nitrogen and oxygen atoms in total. The SMILES string of the molecule is CCC(=O)CCCCC[C@H](NC(=O)[C@H]1CC[N+](C)(OC(=O)C(F)(F)F)C1)c1nc(-c2cc(Cl)cc(Cl)c2)n[nH]1. The minimum absolute atomic E-state index is 0.0675. The number of amides is 1. The van der Waals surface area contributed by atoms with Crippen LogP contribution < -0.4 is 5.32 Å². The van der Waals surface area contributed by atoms with E-state index in [0.717, 1.165) is 12.8 Å². The number of quaternary nitrogens is 1. The van der Waals surface area contributed by atoms with Gasteiger partial charge in [0.05, 0.1) is 12.0 Å². The predicted molar refractivity (Wildman–Crippen MR) is 137 cm³/mol. The van der Waals surface area contributed by atoms with Crippen LogP contribution in [0.25, 0.3) is 11.4 Å². The Hall–Kier alpha value is -2.70. The molecule has 0 bridgehead atoms. The number of hydroxylamine groups is 3. The molecule has 1 aromatic carbocycles. The monoisotopic (exact) mass is 592 g/mol. The van der Waals surface area contributed by atoms with Gasteiger partial charge in [-0.25, -0.2) is 9.78 Å². The number of hydrogen-bond acceptors (Lipinski definition) is 6. The Kier molecular flexibility index (Phi) is 10.4. The summed E-state index contributed by atoms with van der Waals surface area (Å²) < 4.78 is 37.4. The number of hydrogen-bond donors (Lipinski definition) is 2. The molecule has 3 rings (SSSR count). The average Bonchev–Trinajstić information content (AvgIpc) is 3.49. The molecule has 1 saturated heterocycles. The first-order valence-electron chi connectivity index (χ1n) is 12.7. The van der Waals surface area contributed by atoms with Gasteiger partial charge in [-0.05, 0) is 31.0 Å². The molecular formula is C25H31Cl2F3N5O4+. The summed E-state index contributed by atoms with van der Waals surface area (Å²) in [6.45, 7) is 1.79. The van der Waals surface area contributed by atoms with E-state index in [1.165, 1.54) is 7.05 Å². The van der Waals surface area contributed by atoms with E-state index in [4.69, 9.17) is 23.2 Å². The molecule has 1 fully saturated rings. The van der Waals surface area contributed by atoms with Crippen LogP contribution in [-0.2, 0) is 19.2 Å². The largest absolute Gasteiger partial charge is 0.497 e. The van der Waals surface area contributed by atoms with Gasteiger partial charge < -0.3 is 5.32 Å². The average molecular weight is 593 g/mol. The minimum atomic E-state index is -5.12. The first-order chi connectivity index (χ1) is 18.3. The van der Waals surface area contributed by atoms with E-state index in [1.807, 2.05) is 6.92 Å². The highest BCUT2D eigenvalue weighted by Gasteiger charge is 2.50. The van der Waals surface area contributed by atoms with E-state index in [2.05, 4.69) is 25.3 Å². The van der Waals surface area contributed by atoms with Crippen molar-refractivity contribution in [2.24, 2.45) is 5.92 Å². The van der Waals surface area contributed by atoms with Crippen molar-refractivity contribution in [3.63, 3.8) is 0 Å². The lowest BCUT2D eigenvalue weighted by Gasteiger charge is -2.26. The summed E-state index contributed by atoms with van der Waals surface area (Å²) in [5.74, 6) is -2.46. The second kappa shape index (κ2) is 13.1. The molecule has 1 aliphatic heterocycles. The van der Waals surface area contributed by atoms with Crippen molar-refractivity contribution < 1.29 is 37.0 Å². The number of aromatic amines is 1. The Morgan fingerprint density at radius 2 is 1.87 bits per heavy atom. The van der Waals surface area contributed by atoms with Crippen LogP contribution in [-0.4, -0.2) is 63.8 Å². The van der Waals surface area contributed by atoms with Gasteiger partial charge in [0.1, 0.15) is 31.7 Å². The van der Waals surface area contributed by atoms with Gasteiger partial charge in [-0.15, -0.1) is 4.65 Å². The van der Waals surface area contributed by atoms with Crippen molar-refractivity contribution in [2.45, 2.75) is 64.1 Å². The molecule has 3 atom stereocenters. The van der Waals surface area contributed by atoms with Crippen molar-refractivity contribution in [1.82, 2.24) is 20.5 Å². The molecule has 1 unspecified atom stereocenters. The number of benzene rings is 1. The molecule has 14 heteroatoms. The molecule has 0 saturated carbocycles. The number of likely N-dealkylation sites (tertiary alicyclic amines) is 1. The number of rotatable bonds is 12. The van der Waals surface area contributed by atoms with Crippen LogP contribution in [0.1, 0.15) is 63.7 Å². The second-order valence-electron chi connectivity index (χ2n) is 9.82. The van der Waals surface area contributed by atoms with Gasteiger partial charge in [0.25, 0.3) is 0 Å². The molecule has 2 N–H and O–H groups in total. The van der Waals surface area contributed by atoms with E-state index in [1.54, 1.807) is 18.2 Å². The van der Waals surface area contributed by atoms with Crippen LogP contribution in [0.3, 0.4) is 0 Å². The summed E-state index contributed by atoms with van der Waals surface area (Å²) in [7, 11) is 1.34. The summed E-state index contributed by atoms with van der Waals surface area (Å²) in [6.07, 6.45) is -1.25. The molecule has 0 aliphatic carbocycles. The highest BCUT2D eigenvalue weighted by molar-refractivity contribution is 6.35. The van der Waals surface area contributed by atoms with Gasteiger partial charge in [-0.1, -0.05) is 43.0 Å². The fraction of sp³-hybridized carbons (Fsp3) is 0.560. The molecule has 1 aliphatic rings. The Morgan fingerprint density at radius 1 is 1.18 bits per heavy atom. The van der Waals surface area contributed by atoms with Crippen LogP contribution in [0.2, 0.25) is 10.0 Å². The Bertz CT molecular complexity index is 1170. The summed E-state index contributed by atoms with van der Waals surface area (Å²) in [4.78, 5) is 45.3. The van der Waals surface area contributed by atoms with Gasteiger partial charge in [-0.2, -0.15) is 18.3 Å². The fourth-order valence-electron chi connectivity index (χ4n) is 4.46. The Morgan fingerprint density at radius 3 is 2.51 bits per heavy atom. The number of nitrogens with one attached hydrogen (secondary N) is 2. The minimum Gasteiger partial charge on any atom is -0.346 e. The Labute approximate surface area is 233 Å². The number of carbonyl (C=O) groups excluding carboxylic acids is 3. The third-order valence-electron chi connectivity index (χ3n) is 6.58. The first kappa shape index (κ1) is 30.8. The van der Waals surface area contributed by atoms with Crippen LogP contribution in [0.4, 0.5) is 13.2 Å². The number of unbranched alkanes of at least 4 members (excludes halogenated alkanes) is 2. The zero-order valence-corrected chi connectivity index (χ0v) is 23.1. The van der Waals surface area contributed by atoms with Crippen molar-refractivity contribution in [2.75, 3.05) is 20.1 Å². The molecule has 39 heavy (non-hydrogen) atoms. The molecule has 2 heterocycles. The zero-order chi connectivity index (χ0) is 28.8. The number of carbonyl (C=O) groups is 3. The third kappa shape index (κ3) is 8.91. The maximum absolute atomic E-state index is 13.2. The number of halogens is 5. The van der Waals surface area contributed by atoms with Gasteiger partial charge in [-0.3, -0.25) is 19.5 Å². The van der Waals surface area contributed by atoms with Crippen molar-refractivity contribution in [1.29, 1.82) is 0 Å². The lowest BCUT2D eigenvalue weighted by atomic mass is 10.0. The first-order valence-corrected chi connectivity index (χ1v) is 13.4. The summed E-state index contributed by atoms with van der Waals surface area (Å²) in [5, 5.41) is 10.8. The third-order valence-corrected chi connectivity index (χ3v) is 7.01. The normalized spacial score (nSPS) is 20.0. The van der Waals surface area contributed by atoms with E-state index in [9.17, 15) is 27.6 Å². The van der Waals surface area contributed by atoms with Crippen molar-refractivity contribution >= 4 is 40.9 Å². The topological polar surface area (TPSA) is 114 Å². The van der Waals surface area contributed by atoms with E-state index in [0.29, 0.717) is 52.9 Å². The Balaban J connectivity index is 1.70.